The van der Waals surface area contributed by atoms with Crippen LogP contribution in [-0.2, 0) is 14.6 Å². The van der Waals surface area contributed by atoms with Crippen molar-refractivity contribution in [3.8, 4) is 0 Å². The first-order valence-corrected chi connectivity index (χ1v) is 10.0. The standard InChI is InChI=1S/C15H29NO4S/c1-12-5-2-3-7-15(12)20-10-14(17)9-16-13-6-4-8-21(18,19)11-13/h12-17H,2-11H2,1H3. The van der Waals surface area contributed by atoms with Crippen molar-refractivity contribution in [1.29, 1.82) is 0 Å². The minimum absolute atomic E-state index is 0.0213. The highest BCUT2D eigenvalue weighted by Gasteiger charge is 2.25. The third-order valence-electron chi connectivity index (χ3n) is 4.64. The lowest BCUT2D eigenvalue weighted by Gasteiger charge is -2.30. The molecule has 0 aromatic carbocycles. The minimum Gasteiger partial charge on any atom is -0.389 e. The molecule has 0 bridgehead atoms. The van der Waals surface area contributed by atoms with Crippen molar-refractivity contribution < 1.29 is 18.3 Å². The van der Waals surface area contributed by atoms with E-state index in [4.69, 9.17) is 4.74 Å². The maximum absolute atomic E-state index is 11.5. The van der Waals surface area contributed by atoms with Crippen molar-refractivity contribution in [3.05, 3.63) is 0 Å². The molecule has 0 amide bonds. The van der Waals surface area contributed by atoms with Gasteiger partial charge in [-0.2, -0.15) is 0 Å². The highest BCUT2D eigenvalue weighted by atomic mass is 32.2. The Morgan fingerprint density at radius 3 is 2.71 bits per heavy atom. The summed E-state index contributed by atoms with van der Waals surface area (Å²) in [6.45, 7) is 2.95. The van der Waals surface area contributed by atoms with Crippen LogP contribution in [0.3, 0.4) is 0 Å². The fraction of sp³-hybridized carbons (Fsp3) is 1.00. The van der Waals surface area contributed by atoms with E-state index < -0.39 is 15.9 Å². The van der Waals surface area contributed by atoms with Gasteiger partial charge in [0.25, 0.3) is 0 Å². The Morgan fingerprint density at radius 2 is 2.00 bits per heavy atom. The SMILES string of the molecule is CC1CCCCC1OCC(O)CNC1CCCS(=O)(=O)C1. The van der Waals surface area contributed by atoms with E-state index >= 15 is 0 Å². The minimum atomic E-state index is -2.89. The fourth-order valence-electron chi connectivity index (χ4n) is 3.31. The maximum atomic E-state index is 11.5. The second-order valence-electron chi connectivity index (χ2n) is 6.65. The Labute approximate surface area is 128 Å². The molecule has 1 aliphatic heterocycles. The van der Waals surface area contributed by atoms with Gasteiger partial charge >= 0.3 is 0 Å². The quantitative estimate of drug-likeness (QED) is 0.767. The zero-order valence-electron chi connectivity index (χ0n) is 13.0. The van der Waals surface area contributed by atoms with Crippen LogP contribution >= 0.6 is 0 Å². The summed E-state index contributed by atoms with van der Waals surface area (Å²) in [5, 5.41) is 13.2. The molecule has 2 N–H and O–H groups in total. The van der Waals surface area contributed by atoms with Crippen molar-refractivity contribution in [3.63, 3.8) is 0 Å². The van der Waals surface area contributed by atoms with Crippen molar-refractivity contribution in [2.45, 2.75) is 63.7 Å². The van der Waals surface area contributed by atoms with Crippen LogP contribution in [0.25, 0.3) is 0 Å². The normalized spacial score (nSPS) is 34.5. The molecule has 1 saturated heterocycles. The van der Waals surface area contributed by atoms with E-state index in [9.17, 15) is 13.5 Å². The smallest absolute Gasteiger partial charge is 0.151 e. The molecule has 1 saturated carbocycles. The molecule has 124 valence electrons. The predicted octanol–water partition coefficient (Wildman–Crippen LogP) is 1.11. The molecule has 21 heavy (non-hydrogen) atoms. The zero-order chi connectivity index (χ0) is 15.3. The van der Waals surface area contributed by atoms with Gasteiger partial charge < -0.3 is 15.2 Å². The van der Waals surface area contributed by atoms with Gasteiger partial charge in [0.1, 0.15) is 0 Å². The van der Waals surface area contributed by atoms with E-state index in [0.717, 1.165) is 12.8 Å². The molecule has 2 aliphatic rings. The number of aliphatic hydroxyl groups excluding tert-OH is 1. The van der Waals surface area contributed by atoms with Crippen LogP contribution in [0.5, 0.6) is 0 Å². The third kappa shape index (κ3) is 5.85. The van der Waals surface area contributed by atoms with Crippen molar-refractivity contribution in [1.82, 2.24) is 5.32 Å². The van der Waals surface area contributed by atoms with E-state index in [0.29, 0.717) is 31.2 Å². The first-order chi connectivity index (χ1) is 9.96. The summed E-state index contributed by atoms with van der Waals surface area (Å²) in [4.78, 5) is 0. The molecule has 0 aromatic heterocycles. The fourth-order valence-corrected chi connectivity index (χ4v) is 4.98. The van der Waals surface area contributed by atoms with Crippen LogP contribution in [0.2, 0.25) is 0 Å². The molecule has 6 heteroatoms. The second kappa shape index (κ2) is 7.90. The lowest BCUT2D eigenvalue weighted by Crippen LogP contribution is -2.44. The van der Waals surface area contributed by atoms with Gasteiger partial charge in [-0.1, -0.05) is 19.8 Å². The molecule has 2 rings (SSSR count). The second-order valence-corrected chi connectivity index (χ2v) is 8.88. The Balaban J connectivity index is 1.64. The van der Waals surface area contributed by atoms with E-state index in [-0.39, 0.29) is 17.9 Å². The van der Waals surface area contributed by atoms with Crippen LogP contribution < -0.4 is 5.32 Å². The monoisotopic (exact) mass is 319 g/mol. The Hall–Kier alpha value is -0.170. The number of nitrogens with one attached hydrogen (secondary N) is 1. The van der Waals surface area contributed by atoms with E-state index in [1.54, 1.807) is 0 Å². The van der Waals surface area contributed by atoms with Crippen LogP contribution in [0.15, 0.2) is 0 Å². The Kier molecular flexibility index (Phi) is 6.47. The number of ether oxygens (including phenoxy) is 1. The first kappa shape index (κ1) is 17.2. The molecule has 0 radical (unpaired) electrons. The topological polar surface area (TPSA) is 75.6 Å². The van der Waals surface area contributed by atoms with Crippen LogP contribution in [0, 0.1) is 5.92 Å². The number of rotatable bonds is 6. The molecule has 4 atom stereocenters. The van der Waals surface area contributed by atoms with E-state index in [1.807, 2.05) is 0 Å². The molecular weight excluding hydrogens is 290 g/mol. The number of sulfone groups is 1. The van der Waals surface area contributed by atoms with Gasteiger partial charge in [-0.25, -0.2) is 8.42 Å². The average molecular weight is 319 g/mol. The van der Waals surface area contributed by atoms with Gasteiger partial charge in [-0.3, -0.25) is 0 Å². The summed E-state index contributed by atoms with van der Waals surface area (Å²) in [6, 6.07) is -0.0213. The van der Waals surface area contributed by atoms with Gasteiger partial charge in [0.2, 0.25) is 0 Å². The first-order valence-electron chi connectivity index (χ1n) is 8.20. The lowest BCUT2D eigenvalue weighted by atomic mass is 9.88. The molecule has 0 spiro atoms. The van der Waals surface area contributed by atoms with Crippen molar-refractivity contribution >= 4 is 9.84 Å². The van der Waals surface area contributed by atoms with Gasteiger partial charge in [0, 0.05) is 12.6 Å². The summed E-state index contributed by atoms with van der Waals surface area (Å²) in [6.07, 6.45) is 6.07. The summed E-state index contributed by atoms with van der Waals surface area (Å²) >= 11 is 0. The molecule has 5 nitrogen and oxygen atoms in total. The van der Waals surface area contributed by atoms with E-state index in [1.165, 1.54) is 19.3 Å². The molecule has 2 fully saturated rings. The van der Waals surface area contributed by atoms with Crippen LogP contribution in [-0.4, -0.2) is 56.4 Å². The van der Waals surface area contributed by atoms with Gasteiger partial charge in [0.15, 0.2) is 9.84 Å². The summed E-state index contributed by atoms with van der Waals surface area (Å²) < 4.78 is 28.9. The molecule has 4 unspecified atom stereocenters. The van der Waals surface area contributed by atoms with Gasteiger partial charge in [-0.05, 0) is 31.6 Å². The van der Waals surface area contributed by atoms with Gasteiger partial charge in [-0.15, -0.1) is 0 Å². The van der Waals surface area contributed by atoms with E-state index in [2.05, 4.69) is 12.2 Å². The number of hydrogen-bond acceptors (Lipinski definition) is 5. The Morgan fingerprint density at radius 1 is 1.24 bits per heavy atom. The van der Waals surface area contributed by atoms with Crippen molar-refractivity contribution in [2.75, 3.05) is 24.7 Å². The highest BCUT2D eigenvalue weighted by molar-refractivity contribution is 7.91. The maximum Gasteiger partial charge on any atom is 0.151 e. The highest BCUT2D eigenvalue weighted by Crippen LogP contribution is 2.26. The zero-order valence-corrected chi connectivity index (χ0v) is 13.8. The summed E-state index contributed by atoms with van der Waals surface area (Å²) in [5.41, 5.74) is 0. The third-order valence-corrected chi connectivity index (χ3v) is 6.46. The lowest BCUT2D eigenvalue weighted by molar-refractivity contribution is -0.0455. The van der Waals surface area contributed by atoms with Crippen molar-refractivity contribution in [2.24, 2.45) is 5.92 Å². The van der Waals surface area contributed by atoms with Gasteiger partial charge in [0.05, 0.1) is 30.3 Å². The largest absolute Gasteiger partial charge is 0.389 e. The Bertz CT molecular complexity index is 412. The summed E-state index contributed by atoms with van der Waals surface area (Å²) in [7, 11) is -2.89. The molecule has 0 aromatic rings. The number of hydrogen-bond donors (Lipinski definition) is 2. The average Bonchev–Trinajstić information content (AvgIpc) is 2.43. The molecular formula is C15H29NO4S. The number of aliphatic hydroxyl groups is 1. The predicted molar refractivity (Wildman–Crippen MR) is 83.1 cm³/mol. The van der Waals surface area contributed by atoms with Crippen LogP contribution in [0.1, 0.15) is 45.4 Å². The molecule has 1 heterocycles. The van der Waals surface area contributed by atoms with Crippen LogP contribution in [0.4, 0.5) is 0 Å². The molecule has 1 aliphatic carbocycles. The summed E-state index contributed by atoms with van der Waals surface area (Å²) in [5.74, 6) is 1.07.